The predicted molar refractivity (Wildman–Crippen MR) is 536 cm³/mol. The molecule has 11 heterocycles. The summed E-state index contributed by atoms with van der Waals surface area (Å²) < 4.78 is 41.9. The molecular formula is C104H133F3N26O12. The van der Waals surface area contributed by atoms with Crippen LogP contribution in [-0.2, 0) is 64.0 Å². The molecule has 16 amide bonds. The van der Waals surface area contributed by atoms with Gasteiger partial charge in [0.15, 0.2) is 0 Å². The number of likely N-dealkylation sites (tertiary alicyclic amines) is 4. The molecule has 9 fully saturated rings. The largest absolute Gasteiger partial charge is 0.408 e. The van der Waals surface area contributed by atoms with Crippen molar-refractivity contribution < 1.29 is 70.7 Å². The van der Waals surface area contributed by atoms with E-state index >= 15 is 0 Å². The number of alkyl halides is 3. The fourth-order valence-electron chi connectivity index (χ4n) is 21.8. The molecule has 12 atom stereocenters. The van der Waals surface area contributed by atoms with Crippen LogP contribution in [0.5, 0.6) is 0 Å². The molecule has 17 rings (SSSR count). The molecule has 38 nitrogen and oxygen atoms in total. The van der Waals surface area contributed by atoms with Crippen molar-refractivity contribution >= 4 is 118 Å². The number of aromatic nitrogens is 10. The first-order chi connectivity index (χ1) is 69.9. The SMILES string of the molecule is CCN(C(=O)[C@@H]1[C@@H](Cc2ccnc(N)c2)C(=O)N1C(=O)N[C@@H](C1CCCCC1)C(F)(F)F)c1ncccn1.CC[C@@H](NC(=O)N1C(=O)[C@H](Cc2ccnc(N)c2)[C@H]1C(=O)N(C)c1ncccn1)C1CCCCC1.CC[C@@H](NC(=O)N1C(=O)[C@H](Cc2ccnc(N)c2)[C@H]1C(=O)N(CC)c1ncccn1)C1CCCCC1.CN(C(=O)[C@@H]1[C@@H](Cc2ccnc(N)c2)C(=O)N1C(=O)N[C@@H](C1CCCCC1)C1CC1)c1ccccc1. The van der Waals surface area contributed by atoms with E-state index in [1.165, 1.54) is 88.8 Å². The Balaban J connectivity index is 0.000000153. The number of likely N-dealkylation sites (N-methyl/N-ethyl adjacent to an activating group) is 4. The van der Waals surface area contributed by atoms with Crippen LogP contribution in [0.15, 0.2) is 159 Å². The van der Waals surface area contributed by atoms with Crippen LogP contribution in [-0.4, -0.2) is 223 Å². The summed E-state index contributed by atoms with van der Waals surface area (Å²) in [5, 5.41) is 11.4. The van der Waals surface area contributed by atoms with Gasteiger partial charge in [0.1, 0.15) is 53.5 Å². The number of nitrogen functional groups attached to an aromatic ring is 4. The lowest BCUT2D eigenvalue weighted by Gasteiger charge is -2.46. The number of nitrogens with zero attached hydrogens (tertiary/aromatic N) is 18. The van der Waals surface area contributed by atoms with Crippen molar-refractivity contribution in [1.82, 2.24) is 90.7 Å². The zero-order chi connectivity index (χ0) is 103. The van der Waals surface area contributed by atoms with Crippen molar-refractivity contribution in [2.24, 2.45) is 53.3 Å². The Morgan fingerprint density at radius 3 is 0.945 bits per heavy atom. The summed E-state index contributed by atoms with van der Waals surface area (Å²) >= 11 is 0. The predicted octanol–water partition coefficient (Wildman–Crippen LogP) is 12.4. The number of rotatable bonds is 29. The Bertz CT molecular complexity index is 5800. The fraction of sp³-hybridized carbons (Fsp3) is 0.519. The minimum absolute atomic E-state index is 0.0272. The zero-order valence-corrected chi connectivity index (χ0v) is 82.9. The Morgan fingerprint density at radius 2 is 0.634 bits per heavy atom. The van der Waals surface area contributed by atoms with Crippen molar-refractivity contribution in [2.75, 3.05) is 69.7 Å². The Hall–Kier alpha value is -14.3. The highest BCUT2D eigenvalue weighted by Gasteiger charge is 2.61. The van der Waals surface area contributed by atoms with Gasteiger partial charge < -0.3 is 49.1 Å². The smallest absolute Gasteiger partial charge is 0.384 e. The van der Waals surface area contributed by atoms with Crippen molar-refractivity contribution in [3.8, 4) is 0 Å². The Labute approximate surface area is 841 Å². The first kappa shape index (κ1) is 106. The third-order valence-corrected chi connectivity index (χ3v) is 29.6. The van der Waals surface area contributed by atoms with Crippen molar-refractivity contribution in [3.63, 3.8) is 0 Å². The van der Waals surface area contributed by atoms with Gasteiger partial charge in [-0.1, -0.05) is 109 Å². The van der Waals surface area contributed by atoms with Gasteiger partial charge in [-0.2, -0.15) is 13.2 Å². The molecule has 145 heavy (non-hydrogen) atoms. The minimum atomic E-state index is -4.70. The maximum Gasteiger partial charge on any atom is 0.408 e. The van der Waals surface area contributed by atoms with Crippen LogP contribution in [0, 0.1) is 53.3 Å². The second kappa shape index (κ2) is 49.3. The summed E-state index contributed by atoms with van der Waals surface area (Å²) in [7, 11) is 3.24. The number of pyridine rings is 4. The van der Waals surface area contributed by atoms with Crippen LogP contribution in [0.3, 0.4) is 0 Å². The molecule has 12 N–H and O–H groups in total. The molecule has 8 aromatic rings. The molecule has 0 unspecified atom stereocenters. The van der Waals surface area contributed by atoms with Crippen molar-refractivity contribution in [3.05, 3.63) is 181 Å². The number of benzene rings is 1. The number of nitrogens with two attached hydrogens (primary N) is 4. The van der Waals surface area contributed by atoms with Crippen molar-refractivity contribution in [1.29, 1.82) is 0 Å². The average Bonchev–Trinajstić information content (AvgIpc) is 1.45. The van der Waals surface area contributed by atoms with Gasteiger partial charge in [-0.3, -0.25) is 72.7 Å². The highest BCUT2D eigenvalue weighted by molar-refractivity contribution is 6.15. The summed E-state index contributed by atoms with van der Waals surface area (Å²) in [6, 6.07) is 18.8. The number of urea groups is 4. The molecule has 4 aliphatic heterocycles. The number of para-hydroxylation sites is 1. The van der Waals surface area contributed by atoms with E-state index in [-0.39, 0.29) is 97.1 Å². The lowest BCUT2D eigenvalue weighted by atomic mass is 9.80. The average molecular weight is 2000 g/mol. The Kier molecular flexibility index (Phi) is 36.2. The number of carbonyl (C=O) groups excluding carboxylic acids is 12. The lowest BCUT2D eigenvalue weighted by molar-refractivity contribution is -0.170. The molecule has 4 saturated heterocycles. The van der Waals surface area contributed by atoms with Gasteiger partial charge in [-0.05, 0) is 247 Å². The molecule has 9 aliphatic rings. The van der Waals surface area contributed by atoms with Gasteiger partial charge in [-0.25, -0.2) is 69.0 Å². The highest BCUT2D eigenvalue weighted by atomic mass is 19.4. The zero-order valence-electron chi connectivity index (χ0n) is 82.9. The van der Waals surface area contributed by atoms with Crippen LogP contribution in [0.2, 0.25) is 0 Å². The third kappa shape index (κ3) is 25.7. The van der Waals surface area contributed by atoms with Gasteiger partial charge in [0.2, 0.25) is 41.5 Å². The molecule has 5 saturated carbocycles. The molecule has 5 aliphatic carbocycles. The number of anilines is 8. The van der Waals surface area contributed by atoms with Gasteiger partial charge in [0, 0.05) is 113 Å². The second-order valence-corrected chi connectivity index (χ2v) is 39.0. The second-order valence-electron chi connectivity index (χ2n) is 39.0. The number of hydrogen-bond donors (Lipinski definition) is 8. The van der Waals surface area contributed by atoms with Gasteiger partial charge in [-0.15, -0.1) is 0 Å². The van der Waals surface area contributed by atoms with E-state index in [1.807, 2.05) is 56.4 Å². The van der Waals surface area contributed by atoms with E-state index in [1.54, 1.807) is 113 Å². The normalized spacial score (nSPS) is 21.5. The quantitative estimate of drug-likeness (QED) is 0.0202. The number of halogens is 3. The lowest BCUT2D eigenvalue weighted by Crippen LogP contribution is -2.72. The summed E-state index contributed by atoms with van der Waals surface area (Å²) in [5.74, 6) is -3.92. The number of β-lactam (4-membered cyclic amide) rings is 4. The molecule has 7 aromatic heterocycles. The number of amides is 16. The van der Waals surface area contributed by atoms with E-state index in [0.717, 1.165) is 128 Å². The monoisotopic (exact) mass is 2000 g/mol. The van der Waals surface area contributed by atoms with Crippen molar-refractivity contribution in [2.45, 2.75) is 262 Å². The molecule has 0 bridgehead atoms. The topological polar surface area (TPSA) is 512 Å². The van der Waals surface area contributed by atoms with E-state index in [2.05, 4.69) is 65.8 Å². The minimum Gasteiger partial charge on any atom is -0.384 e. The van der Waals surface area contributed by atoms with Crippen LogP contribution in [0.1, 0.15) is 204 Å². The highest BCUT2D eigenvalue weighted by Crippen LogP contribution is 2.44. The van der Waals surface area contributed by atoms with Crippen LogP contribution in [0.4, 0.5) is 79.2 Å². The molecule has 0 radical (unpaired) electrons. The molecule has 41 heteroatoms. The number of carbonyl (C=O) groups is 12. The van der Waals surface area contributed by atoms with Crippen LogP contribution >= 0.6 is 0 Å². The molecule has 1 aromatic carbocycles. The van der Waals surface area contributed by atoms with E-state index in [4.69, 9.17) is 22.9 Å². The first-order valence-corrected chi connectivity index (χ1v) is 50.9. The Morgan fingerprint density at radius 1 is 0.345 bits per heavy atom. The number of imide groups is 4. The third-order valence-electron chi connectivity index (χ3n) is 29.6. The summed E-state index contributed by atoms with van der Waals surface area (Å²) in [6.07, 6.45) is 35.1. The molecular weight excluding hydrogens is 1860 g/mol. The van der Waals surface area contributed by atoms with E-state index in [9.17, 15) is 70.7 Å². The number of nitrogens with one attached hydrogen (secondary N) is 4. The van der Waals surface area contributed by atoms with Gasteiger partial charge in [0.05, 0.1) is 23.7 Å². The first-order valence-electron chi connectivity index (χ1n) is 50.9. The summed E-state index contributed by atoms with van der Waals surface area (Å²) in [5.41, 5.74) is 26.9. The maximum absolute atomic E-state index is 14.0. The fourth-order valence-corrected chi connectivity index (χ4v) is 21.8. The van der Waals surface area contributed by atoms with E-state index < -0.39 is 108 Å². The molecule has 772 valence electrons. The standard InChI is InChI=1S/C28H35N5O3.C26H35N7O3.C25H30F3N7O3.C25H33N7O3/c1-32(21-10-6-3-7-11-21)27(35)25-22(16-18-14-15-30-23(29)17-18)26(34)33(25)28(36)31-24(20-12-13-20)19-8-4-2-5-9-19;1-3-20(18-9-6-5-7-10-18)31-26(36)33-22(24(35)32(4-2)25-29-12-8-13-30-25)19(23(33)34)15-17-11-14-28-21(27)16-17;1-2-34(23-31-10-6-11-32-23)22(37)19-17(13-15-9-12-30-18(29)14-15)21(36)35(19)24(38)33-20(25(26,27)28)16-7-4-3-5-8-16;1-3-19(17-8-5-4-6-9-17)30-25(35)32-21(23(34)31(2)24-28-11-7-12-29-24)18(22(32)33)14-16-10-13-27-20(26)15-16/h3,6-7,10-11,14-15,17,19-20,22,24-25H,2,4-5,8-9,12-13,16H2,1H3,(H2,29,30)(H,31,36);8,11-14,16,18-20,22H,3-7,9-10,15H2,1-2H3,(H2,27,28)(H,31,36);6,9-12,14,16-17,19-20H,2-5,7-8,13H2,1H3,(H2,29,30)(H,33,38);7,10-13,15,17-19,21H,3-6,8-9,14H2,1-2H3,(H2,26,27)(H,30,35)/t22-,24+,25+;19-,20-,22+;17-,19+,20+;18-,19-,21+/m1111/s1. The van der Waals surface area contributed by atoms with Gasteiger partial charge in [0.25, 0.3) is 23.6 Å². The maximum atomic E-state index is 14.0. The van der Waals surface area contributed by atoms with Crippen LogP contribution in [0.25, 0.3) is 0 Å². The number of hydrogen-bond acceptors (Lipinski definition) is 26. The summed E-state index contributed by atoms with van der Waals surface area (Å²) in [4.78, 5) is 211. The van der Waals surface area contributed by atoms with Crippen LogP contribution < -0.4 is 63.8 Å². The molecule has 0 spiro atoms. The van der Waals surface area contributed by atoms with Gasteiger partial charge >= 0.3 is 30.3 Å². The van der Waals surface area contributed by atoms with E-state index in [0.29, 0.717) is 95.9 Å². The summed E-state index contributed by atoms with van der Waals surface area (Å²) in [6.45, 7) is 7.98.